The lowest BCUT2D eigenvalue weighted by Gasteiger charge is -2.35. The highest BCUT2D eigenvalue weighted by Crippen LogP contribution is 2.21. The van der Waals surface area contributed by atoms with Crippen LogP contribution in [0.2, 0.25) is 0 Å². The number of carbonyl (C=O) groups excluding carboxylic acids is 1. The van der Waals surface area contributed by atoms with E-state index in [1.54, 1.807) is 12.5 Å². The SMILES string of the molecule is CCc1nc(-c2ccc(N3CCN(C(=O)c4ccc5nc[nH]c5c4)CC3)nc2)no1. The van der Waals surface area contributed by atoms with Crippen LogP contribution in [0.4, 0.5) is 5.82 Å². The van der Waals surface area contributed by atoms with E-state index in [-0.39, 0.29) is 5.91 Å². The lowest BCUT2D eigenvalue weighted by Crippen LogP contribution is -2.49. The van der Waals surface area contributed by atoms with Gasteiger partial charge in [-0.3, -0.25) is 4.79 Å². The van der Waals surface area contributed by atoms with Crippen molar-refractivity contribution in [3.63, 3.8) is 0 Å². The Hall–Kier alpha value is -3.75. The van der Waals surface area contributed by atoms with Crippen molar-refractivity contribution in [2.75, 3.05) is 31.1 Å². The van der Waals surface area contributed by atoms with Gasteiger partial charge in [-0.1, -0.05) is 12.1 Å². The number of hydrogen-bond donors (Lipinski definition) is 1. The molecule has 0 aliphatic carbocycles. The van der Waals surface area contributed by atoms with Crippen LogP contribution < -0.4 is 4.90 Å². The van der Waals surface area contributed by atoms with E-state index in [2.05, 4.69) is 30.0 Å². The van der Waals surface area contributed by atoms with Gasteiger partial charge in [0.15, 0.2) is 0 Å². The summed E-state index contributed by atoms with van der Waals surface area (Å²) in [6, 6.07) is 9.47. The molecule has 1 aromatic carbocycles. The Morgan fingerprint density at radius 3 is 2.73 bits per heavy atom. The molecule has 0 spiro atoms. The van der Waals surface area contributed by atoms with Crippen LogP contribution in [-0.4, -0.2) is 62.1 Å². The lowest BCUT2D eigenvalue weighted by molar-refractivity contribution is 0.0746. The number of benzene rings is 1. The topological polar surface area (TPSA) is 104 Å². The molecule has 3 aromatic heterocycles. The van der Waals surface area contributed by atoms with Gasteiger partial charge in [-0.15, -0.1) is 0 Å². The van der Waals surface area contributed by atoms with Crippen molar-refractivity contribution in [1.82, 2.24) is 30.0 Å². The summed E-state index contributed by atoms with van der Waals surface area (Å²) in [6.45, 7) is 4.72. The molecule has 0 saturated carbocycles. The van der Waals surface area contributed by atoms with Gasteiger partial charge in [-0.05, 0) is 30.3 Å². The summed E-state index contributed by atoms with van der Waals surface area (Å²) < 4.78 is 5.16. The molecule has 0 bridgehead atoms. The van der Waals surface area contributed by atoms with Gasteiger partial charge >= 0.3 is 0 Å². The third kappa shape index (κ3) is 3.38. The molecule has 5 rings (SSSR count). The largest absolute Gasteiger partial charge is 0.353 e. The molecule has 0 unspecified atom stereocenters. The quantitative estimate of drug-likeness (QED) is 0.558. The number of hydrogen-bond acceptors (Lipinski definition) is 7. The second-order valence-corrected chi connectivity index (χ2v) is 7.18. The van der Waals surface area contributed by atoms with E-state index in [9.17, 15) is 4.79 Å². The Labute approximate surface area is 172 Å². The first-order chi connectivity index (χ1) is 14.7. The van der Waals surface area contributed by atoms with Gasteiger partial charge in [-0.25, -0.2) is 9.97 Å². The van der Waals surface area contributed by atoms with Crippen molar-refractivity contribution >= 4 is 22.8 Å². The van der Waals surface area contributed by atoms with Gasteiger partial charge in [0.25, 0.3) is 5.91 Å². The number of rotatable bonds is 4. The monoisotopic (exact) mass is 403 g/mol. The molecule has 4 aromatic rings. The molecular weight excluding hydrogens is 382 g/mol. The van der Waals surface area contributed by atoms with Gasteiger partial charge in [0.1, 0.15) is 5.82 Å². The summed E-state index contributed by atoms with van der Waals surface area (Å²) in [5.41, 5.74) is 3.23. The van der Waals surface area contributed by atoms with Gasteiger partial charge < -0.3 is 19.3 Å². The molecule has 0 radical (unpaired) electrons. The lowest BCUT2D eigenvalue weighted by atomic mass is 10.1. The Bertz CT molecular complexity index is 1170. The maximum Gasteiger partial charge on any atom is 0.254 e. The van der Waals surface area contributed by atoms with E-state index in [1.165, 1.54) is 0 Å². The average molecular weight is 403 g/mol. The highest BCUT2D eigenvalue weighted by Gasteiger charge is 2.23. The number of nitrogens with one attached hydrogen (secondary N) is 1. The normalized spacial score (nSPS) is 14.4. The fourth-order valence-corrected chi connectivity index (χ4v) is 3.61. The molecule has 30 heavy (non-hydrogen) atoms. The standard InChI is InChI=1S/C21H21N7O2/c1-2-19-25-20(26-30-19)15-4-6-18(22-12-15)27-7-9-28(10-8-27)21(29)14-3-5-16-17(11-14)24-13-23-16/h3-6,11-13H,2,7-10H2,1H3,(H,23,24). The van der Waals surface area contributed by atoms with E-state index in [4.69, 9.17) is 4.52 Å². The zero-order valence-electron chi connectivity index (χ0n) is 16.6. The van der Waals surface area contributed by atoms with Crippen LogP contribution in [-0.2, 0) is 6.42 Å². The number of anilines is 1. The first-order valence-corrected chi connectivity index (χ1v) is 9.97. The molecule has 1 aliphatic rings. The van der Waals surface area contributed by atoms with Gasteiger partial charge in [0, 0.05) is 49.9 Å². The average Bonchev–Trinajstić information content (AvgIpc) is 3.48. The molecule has 1 fully saturated rings. The molecule has 1 N–H and O–H groups in total. The van der Waals surface area contributed by atoms with E-state index in [0.29, 0.717) is 36.8 Å². The van der Waals surface area contributed by atoms with Crippen molar-refractivity contribution in [3.8, 4) is 11.4 Å². The van der Waals surface area contributed by atoms with Crippen LogP contribution in [0.15, 0.2) is 47.4 Å². The maximum atomic E-state index is 12.9. The summed E-state index contributed by atoms with van der Waals surface area (Å²) in [6.07, 6.45) is 4.10. The predicted molar refractivity (Wildman–Crippen MR) is 111 cm³/mol. The first kappa shape index (κ1) is 18.3. The van der Waals surface area contributed by atoms with Gasteiger partial charge in [0.2, 0.25) is 11.7 Å². The van der Waals surface area contributed by atoms with Crippen LogP contribution in [0.3, 0.4) is 0 Å². The van der Waals surface area contributed by atoms with Crippen molar-refractivity contribution < 1.29 is 9.32 Å². The molecule has 1 saturated heterocycles. The molecule has 152 valence electrons. The van der Waals surface area contributed by atoms with Crippen LogP contribution in [0.25, 0.3) is 22.4 Å². The van der Waals surface area contributed by atoms with Crippen molar-refractivity contribution in [1.29, 1.82) is 0 Å². The van der Waals surface area contributed by atoms with E-state index in [1.807, 2.05) is 42.2 Å². The number of piperazine rings is 1. The van der Waals surface area contributed by atoms with Crippen molar-refractivity contribution in [2.45, 2.75) is 13.3 Å². The number of fused-ring (bicyclic) bond motifs is 1. The van der Waals surface area contributed by atoms with E-state index in [0.717, 1.165) is 35.5 Å². The van der Waals surface area contributed by atoms with Crippen molar-refractivity contribution in [3.05, 3.63) is 54.3 Å². The second kappa shape index (κ2) is 7.58. The number of H-pyrrole nitrogens is 1. The third-order valence-corrected chi connectivity index (χ3v) is 5.33. The Morgan fingerprint density at radius 2 is 2.00 bits per heavy atom. The first-order valence-electron chi connectivity index (χ1n) is 9.97. The number of pyridine rings is 1. The number of carbonyl (C=O) groups is 1. The summed E-state index contributed by atoms with van der Waals surface area (Å²) in [5.74, 6) is 2.08. The van der Waals surface area contributed by atoms with Crippen LogP contribution in [0, 0.1) is 0 Å². The number of aromatic nitrogens is 5. The van der Waals surface area contributed by atoms with E-state index < -0.39 is 0 Å². The zero-order chi connectivity index (χ0) is 20.5. The summed E-state index contributed by atoms with van der Waals surface area (Å²) in [5, 5.41) is 3.98. The zero-order valence-corrected chi connectivity index (χ0v) is 16.6. The molecule has 1 aliphatic heterocycles. The molecule has 0 atom stereocenters. The number of aromatic amines is 1. The maximum absolute atomic E-state index is 12.9. The van der Waals surface area contributed by atoms with Crippen LogP contribution >= 0.6 is 0 Å². The minimum absolute atomic E-state index is 0.0401. The Balaban J connectivity index is 1.23. The molecule has 1 amide bonds. The summed E-state index contributed by atoms with van der Waals surface area (Å²) >= 11 is 0. The number of nitrogens with zero attached hydrogens (tertiary/aromatic N) is 6. The summed E-state index contributed by atoms with van der Waals surface area (Å²) in [7, 11) is 0. The minimum atomic E-state index is 0.0401. The minimum Gasteiger partial charge on any atom is -0.353 e. The molecule has 4 heterocycles. The van der Waals surface area contributed by atoms with Gasteiger partial charge in [-0.2, -0.15) is 4.98 Å². The second-order valence-electron chi connectivity index (χ2n) is 7.18. The van der Waals surface area contributed by atoms with Crippen LogP contribution in [0.5, 0.6) is 0 Å². The highest BCUT2D eigenvalue weighted by molar-refractivity contribution is 5.97. The molecule has 9 heteroatoms. The number of aryl methyl sites for hydroxylation is 1. The Kier molecular flexibility index (Phi) is 4.62. The van der Waals surface area contributed by atoms with Crippen molar-refractivity contribution in [2.24, 2.45) is 0 Å². The predicted octanol–water partition coefficient (Wildman–Crippen LogP) is 2.53. The number of amides is 1. The fraction of sp³-hybridized carbons (Fsp3) is 0.286. The molecular formula is C21H21N7O2. The van der Waals surface area contributed by atoms with Crippen LogP contribution in [0.1, 0.15) is 23.2 Å². The Morgan fingerprint density at radius 1 is 1.13 bits per heavy atom. The van der Waals surface area contributed by atoms with Gasteiger partial charge in [0.05, 0.1) is 17.4 Å². The third-order valence-electron chi connectivity index (χ3n) is 5.33. The molecule has 9 nitrogen and oxygen atoms in total. The number of imidazole rings is 1. The highest BCUT2D eigenvalue weighted by atomic mass is 16.5. The smallest absolute Gasteiger partial charge is 0.254 e. The fourth-order valence-electron chi connectivity index (χ4n) is 3.61. The summed E-state index contributed by atoms with van der Waals surface area (Å²) in [4.78, 5) is 33.1. The van der Waals surface area contributed by atoms with E-state index >= 15 is 0 Å².